The smallest absolute Gasteiger partial charge is 0.134 e. The van der Waals surface area contributed by atoms with E-state index in [9.17, 15) is 5.21 Å². The van der Waals surface area contributed by atoms with Crippen LogP contribution in [-0.4, -0.2) is 23.9 Å². The molecule has 0 heterocycles. The van der Waals surface area contributed by atoms with Crippen LogP contribution in [-0.2, 0) is 6.54 Å². The van der Waals surface area contributed by atoms with E-state index < -0.39 is 0 Å². The van der Waals surface area contributed by atoms with Crippen molar-refractivity contribution < 1.29 is 22.3 Å². The molecule has 0 spiro atoms. The van der Waals surface area contributed by atoms with E-state index in [-0.39, 0.29) is 17.1 Å². The summed E-state index contributed by atoms with van der Waals surface area (Å²) in [5.41, 5.74) is 1.15. The van der Waals surface area contributed by atoms with E-state index in [4.69, 9.17) is 0 Å². The van der Waals surface area contributed by atoms with Crippen LogP contribution in [0.15, 0.2) is 30.3 Å². The van der Waals surface area contributed by atoms with Gasteiger partial charge in [0.05, 0.1) is 14.1 Å². The Morgan fingerprint density at radius 2 is 1.67 bits per heavy atom. The Hall–Kier alpha value is -0.570. The molecule has 0 radical (unpaired) electrons. The van der Waals surface area contributed by atoms with Gasteiger partial charge in [-0.3, -0.25) is 0 Å². The first-order valence-electron chi connectivity index (χ1n) is 3.67. The maximum Gasteiger partial charge on any atom is 0.134 e. The SMILES string of the molecule is C[N+](C)(O)Cc1ccccc1.[Cl-]. The highest BCUT2D eigenvalue weighted by atomic mass is 35.5. The predicted molar refractivity (Wildman–Crippen MR) is 44.0 cm³/mol. The predicted octanol–water partition coefficient (Wildman–Crippen LogP) is -1.34. The highest BCUT2D eigenvalue weighted by Gasteiger charge is 2.10. The van der Waals surface area contributed by atoms with Crippen molar-refractivity contribution >= 4 is 0 Å². The van der Waals surface area contributed by atoms with Crippen molar-refractivity contribution in [3.8, 4) is 0 Å². The molecule has 2 nitrogen and oxygen atoms in total. The molecule has 68 valence electrons. The second kappa shape index (κ2) is 4.45. The monoisotopic (exact) mass is 187 g/mol. The van der Waals surface area contributed by atoms with Gasteiger partial charge in [0.2, 0.25) is 0 Å². The largest absolute Gasteiger partial charge is 1.00 e. The highest BCUT2D eigenvalue weighted by Crippen LogP contribution is 2.04. The molecule has 0 saturated heterocycles. The summed E-state index contributed by atoms with van der Waals surface area (Å²) in [7, 11) is 3.51. The fraction of sp³-hybridized carbons (Fsp3) is 0.333. The van der Waals surface area contributed by atoms with Crippen LogP contribution in [0.5, 0.6) is 0 Å². The van der Waals surface area contributed by atoms with Crippen LogP contribution in [0.1, 0.15) is 5.56 Å². The third-order valence-electron chi connectivity index (χ3n) is 1.41. The lowest BCUT2D eigenvalue weighted by Gasteiger charge is -2.19. The van der Waals surface area contributed by atoms with Crippen molar-refractivity contribution in [3.63, 3.8) is 0 Å². The lowest BCUT2D eigenvalue weighted by molar-refractivity contribution is -1.08. The molecule has 1 aromatic carbocycles. The number of hydrogen-bond acceptors (Lipinski definition) is 1. The molecule has 0 aromatic heterocycles. The second-order valence-corrected chi connectivity index (χ2v) is 3.26. The van der Waals surface area contributed by atoms with E-state index in [1.54, 1.807) is 14.1 Å². The number of hydrogen-bond donors (Lipinski definition) is 1. The number of halogens is 1. The average molecular weight is 188 g/mol. The molecule has 0 saturated carbocycles. The first kappa shape index (κ1) is 11.4. The summed E-state index contributed by atoms with van der Waals surface area (Å²) in [6, 6.07) is 9.95. The Morgan fingerprint density at radius 3 is 2.08 bits per heavy atom. The van der Waals surface area contributed by atoms with Gasteiger partial charge in [-0.25, -0.2) is 5.21 Å². The van der Waals surface area contributed by atoms with E-state index in [0.717, 1.165) is 5.56 Å². The summed E-state index contributed by atoms with van der Waals surface area (Å²) >= 11 is 0. The zero-order valence-corrected chi connectivity index (χ0v) is 8.12. The number of hydroxylamine groups is 3. The summed E-state index contributed by atoms with van der Waals surface area (Å²) < 4.78 is -0.00991. The normalized spacial score (nSPS) is 10.6. The van der Waals surface area contributed by atoms with Crippen molar-refractivity contribution in [2.24, 2.45) is 0 Å². The Labute approximate surface area is 79.4 Å². The lowest BCUT2D eigenvalue weighted by atomic mass is 10.2. The van der Waals surface area contributed by atoms with Crippen molar-refractivity contribution in [2.45, 2.75) is 6.54 Å². The van der Waals surface area contributed by atoms with Gasteiger partial charge in [-0.15, -0.1) is 0 Å². The van der Waals surface area contributed by atoms with Crippen molar-refractivity contribution in [1.29, 1.82) is 0 Å². The summed E-state index contributed by atoms with van der Waals surface area (Å²) in [6.07, 6.45) is 0. The molecule has 0 aliphatic heterocycles. The van der Waals surface area contributed by atoms with Gasteiger partial charge in [0.1, 0.15) is 6.54 Å². The van der Waals surface area contributed by atoms with E-state index in [1.807, 2.05) is 30.3 Å². The zero-order valence-electron chi connectivity index (χ0n) is 7.37. The van der Waals surface area contributed by atoms with Gasteiger partial charge in [-0.1, -0.05) is 30.3 Å². The number of benzene rings is 1. The molecule has 0 unspecified atom stereocenters. The Morgan fingerprint density at radius 1 is 1.17 bits per heavy atom. The van der Waals surface area contributed by atoms with Gasteiger partial charge in [0.15, 0.2) is 0 Å². The molecule has 0 fully saturated rings. The molecule has 0 atom stereocenters. The van der Waals surface area contributed by atoms with Crippen molar-refractivity contribution in [3.05, 3.63) is 35.9 Å². The molecule has 0 aliphatic carbocycles. The van der Waals surface area contributed by atoms with Crippen LogP contribution in [0.3, 0.4) is 0 Å². The molecule has 1 rings (SSSR count). The van der Waals surface area contributed by atoms with Crippen molar-refractivity contribution in [2.75, 3.05) is 14.1 Å². The average Bonchev–Trinajstić information content (AvgIpc) is 1.85. The minimum Gasteiger partial charge on any atom is -1.00 e. The fourth-order valence-electron chi connectivity index (χ4n) is 1.03. The Kier molecular flexibility index (Phi) is 4.24. The standard InChI is InChI=1S/C9H14NO.ClH/c1-10(2,11)8-9-6-4-3-5-7-9;/h3-7,11H,8H2,1-2H3;1H/q+1;/p-1. The molecule has 0 aliphatic rings. The topological polar surface area (TPSA) is 20.2 Å². The third kappa shape index (κ3) is 4.34. The highest BCUT2D eigenvalue weighted by molar-refractivity contribution is 5.13. The lowest BCUT2D eigenvalue weighted by Crippen LogP contribution is -3.00. The van der Waals surface area contributed by atoms with Gasteiger partial charge in [-0.2, -0.15) is 4.65 Å². The van der Waals surface area contributed by atoms with Crippen LogP contribution in [0, 0.1) is 0 Å². The van der Waals surface area contributed by atoms with Gasteiger partial charge < -0.3 is 12.4 Å². The van der Waals surface area contributed by atoms with Crippen LogP contribution in [0.2, 0.25) is 0 Å². The first-order chi connectivity index (χ1) is 5.08. The first-order valence-corrected chi connectivity index (χ1v) is 3.67. The Balaban J connectivity index is 0.00000121. The van der Waals surface area contributed by atoms with E-state index in [2.05, 4.69) is 0 Å². The quantitative estimate of drug-likeness (QED) is 0.449. The molecule has 1 aromatic rings. The third-order valence-corrected chi connectivity index (χ3v) is 1.41. The molecular formula is C9H14ClNO. The summed E-state index contributed by atoms with van der Waals surface area (Å²) in [4.78, 5) is 0. The molecule has 0 amide bonds. The zero-order chi connectivity index (χ0) is 8.32. The van der Waals surface area contributed by atoms with Gasteiger partial charge in [0, 0.05) is 5.56 Å². The molecule has 12 heavy (non-hydrogen) atoms. The Bertz CT molecular complexity index is 218. The molecular weight excluding hydrogens is 174 g/mol. The molecule has 0 bridgehead atoms. The van der Waals surface area contributed by atoms with Crippen molar-refractivity contribution in [1.82, 2.24) is 0 Å². The summed E-state index contributed by atoms with van der Waals surface area (Å²) in [5.74, 6) is 0. The van der Waals surface area contributed by atoms with Crippen LogP contribution < -0.4 is 12.4 Å². The van der Waals surface area contributed by atoms with Crippen LogP contribution >= 0.6 is 0 Å². The number of rotatable bonds is 2. The summed E-state index contributed by atoms with van der Waals surface area (Å²) in [6.45, 7) is 0.654. The minimum atomic E-state index is -0.00991. The maximum atomic E-state index is 9.41. The van der Waals surface area contributed by atoms with Gasteiger partial charge >= 0.3 is 0 Å². The van der Waals surface area contributed by atoms with E-state index >= 15 is 0 Å². The molecule has 3 heteroatoms. The van der Waals surface area contributed by atoms with Crippen LogP contribution in [0.25, 0.3) is 0 Å². The summed E-state index contributed by atoms with van der Waals surface area (Å²) in [5, 5.41) is 9.41. The van der Waals surface area contributed by atoms with Gasteiger partial charge in [0.25, 0.3) is 0 Å². The minimum absolute atomic E-state index is 0. The maximum absolute atomic E-state index is 9.41. The number of nitrogens with zero attached hydrogens (tertiary/aromatic N) is 1. The van der Waals surface area contributed by atoms with E-state index in [0.29, 0.717) is 6.54 Å². The van der Waals surface area contributed by atoms with E-state index in [1.165, 1.54) is 0 Å². The number of quaternary nitrogens is 1. The molecule has 1 N–H and O–H groups in total. The second-order valence-electron chi connectivity index (χ2n) is 3.26. The van der Waals surface area contributed by atoms with Gasteiger partial charge in [-0.05, 0) is 0 Å². The van der Waals surface area contributed by atoms with Crippen LogP contribution in [0.4, 0.5) is 0 Å². The fourth-order valence-corrected chi connectivity index (χ4v) is 1.03.